The van der Waals surface area contributed by atoms with Gasteiger partial charge in [-0.05, 0) is 55.1 Å². The van der Waals surface area contributed by atoms with Crippen LogP contribution in [0.15, 0.2) is 30.3 Å². The fourth-order valence-corrected chi connectivity index (χ4v) is 5.48. The molecule has 1 N–H and O–H groups in total. The summed E-state index contributed by atoms with van der Waals surface area (Å²) >= 11 is 1.57. The largest absolute Gasteiger partial charge is 0.462 e. The lowest BCUT2D eigenvalue weighted by Crippen LogP contribution is -2.18. The van der Waals surface area contributed by atoms with E-state index in [4.69, 9.17) is 4.74 Å². The number of rotatable bonds is 6. The molecule has 1 heterocycles. The summed E-state index contributed by atoms with van der Waals surface area (Å²) in [5.74, 6) is 0.607. The number of hydrogen-bond acceptors (Lipinski definition) is 4. The van der Waals surface area contributed by atoms with Gasteiger partial charge in [0.25, 0.3) is 0 Å². The lowest BCUT2D eigenvalue weighted by Gasteiger charge is -2.18. The molecule has 0 unspecified atom stereocenters. The summed E-state index contributed by atoms with van der Waals surface area (Å²) in [5, 5.41) is 3.76. The van der Waals surface area contributed by atoms with Crippen molar-refractivity contribution >= 4 is 28.2 Å². The number of thiophene rings is 1. The molecule has 1 saturated carbocycles. The summed E-state index contributed by atoms with van der Waals surface area (Å²) in [6.07, 6.45) is 4.59. The smallest absolute Gasteiger partial charge is 0.341 e. The molecule has 3 atom stereocenters. The van der Waals surface area contributed by atoms with Crippen LogP contribution in [0.5, 0.6) is 0 Å². The van der Waals surface area contributed by atoms with E-state index in [1.165, 1.54) is 10.4 Å². The van der Waals surface area contributed by atoms with Gasteiger partial charge in [-0.15, -0.1) is 11.3 Å². The van der Waals surface area contributed by atoms with Gasteiger partial charge in [0.15, 0.2) is 0 Å². The van der Waals surface area contributed by atoms with E-state index < -0.39 is 0 Å². The molecule has 5 heteroatoms. The monoisotopic (exact) mass is 397 g/mol. The zero-order valence-corrected chi connectivity index (χ0v) is 17.3. The number of amides is 1. The highest BCUT2D eigenvalue weighted by Gasteiger charge is 2.44. The van der Waals surface area contributed by atoms with Crippen LogP contribution >= 0.6 is 11.3 Å². The summed E-state index contributed by atoms with van der Waals surface area (Å²) in [4.78, 5) is 26.8. The lowest BCUT2D eigenvalue weighted by atomic mass is 9.88. The highest BCUT2D eigenvalue weighted by atomic mass is 32.1. The first kappa shape index (κ1) is 19.2. The van der Waals surface area contributed by atoms with E-state index in [2.05, 4.69) is 24.4 Å². The number of benzene rings is 1. The lowest BCUT2D eigenvalue weighted by molar-refractivity contribution is -0.117. The first-order valence-electron chi connectivity index (χ1n) is 10.3. The van der Waals surface area contributed by atoms with Crippen molar-refractivity contribution in [1.29, 1.82) is 0 Å². The van der Waals surface area contributed by atoms with Gasteiger partial charge >= 0.3 is 5.97 Å². The highest BCUT2D eigenvalue weighted by Crippen LogP contribution is 2.48. The van der Waals surface area contributed by atoms with E-state index >= 15 is 0 Å². The molecule has 4 nitrogen and oxygen atoms in total. The summed E-state index contributed by atoms with van der Waals surface area (Å²) in [5.41, 5.74) is 2.91. The normalized spacial score (nSPS) is 23.0. The second-order valence-corrected chi connectivity index (χ2v) is 9.15. The van der Waals surface area contributed by atoms with E-state index in [9.17, 15) is 9.59 Å². The Labute approximate surface area is 170 Å². The molecular weight excluding hydrogens is 370 g/mol. The van der Waals surface area contributed by atoms with Crippen molar-refractivity contribution in [1.82, 2.24) is 0 Å². The van der Waals surface area contributed by atoms with Crippen LogP contribution in [0.4, 0.5) is 5.00 Å². The van der Waals surface area contributed by atoms with Gasteiger partial charge in [0.05, 0.1) is 12.2 Å². The Morgan fingerprint density at radius 3 is 2.79 bits per heavy atom. The van der Waals surface area contributed by atoms with E-state index in [1.807, 2.05) is 25.1 Å². The van der Waals surface area contributed by atoms with Crippen molar-refractivity contribution in [3.05, 3.63) is 51.9 Å². The average Bonchev–Trinajstić information content (AvgIpc) is 3.43. The Morgan fingerprint density at radius 2 is 2.04 bits per heavy atom. The standard InChI is InChI=1S/C23H27NO3S/c1-3-11-27-23(26)20-16-10-9-14(2)12-19(16)28-22(20)24-21(25)18-13-17(18)15-7-5-4-6-8-15/h4-8,14,17-18H,3,9-13H2,1-2H3,(H,24,25)/t14-,17-,18+/m1/s1. The first-order valence-corrected chi connectivity index (χ1v) is 11.1. The molecule has 1 aromatic carbocycles. The quantitative estimate of drug-likeness (QED) is 0.683. The third kappa shape index (κ3) is 3.86. The molecule has 1 amide bonds. The van der Waals surface area contributed by atoms with Gasteiger partial charge in [0, 0.05) is 10.8 Å². The van der Waals surface area contributed by atoms with Crippen molar-refractivity contribution in [3.8, 4) is 0 Å². The maximum atomic E-state index is 12.9. The molecule has 0 radical (unpaired) electrons. The molecule has 148 valence electrons. The maximum absolute atomic E-state index is 12.9. The zero-order chi connectivity index (χ0) is 19.7. The Morgan fingerprint density at radius 1 is 1.25 bits per heavy atom. The van der Waals surface area contributed by atoms with Crippen molar-refractivity contribution in [3.63, 3.8) is 0 Å². The van der Waals surface area contributed by atoms with E-state index in [0.717, 1.165) is 37.7 Å². The number of anilines is 1. The Hall–Kier alpha value is -2.14. The predicted molar refractivity (Wildman–Crippen MR) is 112 cm³/mol. The average molecular weight is 398 g/mol. The third-order valence-electron chi connectivity index (χ3n) is 5.74. The second-order valence-electron chi connectivity index (χ2n) is 8.04. The molecule has 0 bridgehead atoms. The van der Waals surface area contributed by atoms with E-state index in [-0.39, 0.29) is 23.7 Å². The molecule has 2 aromatic rings. The van der Waals surface area contributed by atoms with E-state index in [1.54, 1.807) is 11.3 Å². The molecule has 1 fully saturated rings. The van der Waals surface area contributed by atoms with Gasteiger partial charge in [0.1, 0.15) is 5.00 Å². The predicted octanol–water partition coefficient (Wildman–Crippen LogP) is 5.18. The summed E-state index contributed by atoms with van der Waals surface area (Å²) in [6.45, 7) is 4.63. The summed E-state index contributed by atoms with van der Waals surface area (Å²) in [6, 6.07) is 10.2. The van der Waals surface area contributed by atoms with Gasteiger partial charge in [-0.1, -0.05) is 44.2 Å². The van der Waals surface area contributed by atoms with Crippen LogP contribution in [0, 0.1) is 11.8 Å². The fraction of sp³-hybridized carbons (Fsp3) is 0.478. The molecule has 2 aliphatic carbocycles. The maximum Gasteiger partial charge on any atom is 0.341 e. The van der Waals surface area contributed by atoms with E-state index in [0.29, 0.717) is 23.1 Å². The number of carbonyl (C=O) groups is 2. The van der Waals surface area contributed by atoms with Crippen molar-refractivity contribution in [2.45, 2.75) is 51.9 Å². The SMILES string of the molecule is CCCOC(=O)c1c(NC(=O)[C@H]2C[C@@H]2c2ccccc2)sc2c1CC[C@@H](C)C2. The van der Waals surface area contributed by atoms with Crippen LogP contribution in [-0.2, 0) is 22.4 Å². The van der Waals surface area contributed by atoms with Crippen molar-refractivity contribution < 1.29 is 14.3 Å². The van der Waals surface area contributed by atoms with Crippen molar-refractivity contribution in [2.75, 3.05) is 11.9 Å². The molecule has 4 rings (SSSR count). The van der Waals surface area contributed by atoms with Crippen LogP contribution in [0.3, 0.4) is 0 Å². The zero-order valence-electron chi connectivity index (χ0n) is 16.5. The van der Waals surface area contributed by atoms with Crippen LogP contribution in [0.2, 0.25) is 0 Å². The third-order valence-corrected chi connectivity index (χ3v) is 6.91. The van der Waals surface area contributed by atoms with Gasteiger partial charge in [-0.3, -0.25) is 4.79 Å². The number of nitrogens with one attached hydrogen (secondary N) is 1. The number of fused-ring (bicyclic) bond motifs is 1. The molecule has 28 heavy (non-hydrogen) atoms. The molecule has 0 aliphatic heterocycles. The first-order chi connectivity index (χ1) is 13.6. The number of carbonyl (C=O) groups excluding carboxylic acids is 2. The minimum Gasteiger partial charge on any atom is -0.462 e. The van der Waals surface area contributed by atoms with Gasteiger partial charge in [-0.25, -0.2) is 4.79 Å². The topological polar surface area (TPSA) is 55.4 Å². The Kier molecular flexibility index (Phi) is 5.54. The molecule has 0 saturated heterocycles. The minimum absolute atomic E-state index is 0.0139. The van der Waals surface area contributed by atoms with Crippen LogP contribution in [0.25, 0.3) is 0 Å². The molecule has 1 aromatic heterocycles. The Bertz CT molecular complexity index is 873. The van der Waals surface area contributed by atoms with Crippen LogP contribution in [0.1, 0.15) is 65.4 Å². The van der Waals surface area contributed by atoms with Crippen LogP contribution in [-0.4, -0.2) is 18.5 Å². The fourth-order valence-electron chi connectivity index (χ4n) is 4.08. The summed E-state index contributed by atoms with van der Waals surface area (Å²) in [7, 11) is 0. The van der Waals surface area contributed by atoms with Gasteiger partial charge < -0.3 is 10.1 Å². The number of hydrogen-bond donors (Lipinski definition) is 1. The molecular formula is C23H27NO3S. The van der Waals surface area contributed by atoms with Crippen LogP contribution < -0.4 is 5.32 Å². The Balaban J connectivity index is 1.54. The summed E-state index contributed by atoms with van der Waals surface area (Å²) < 4.78 is 5.43. The number of esters is 1. The van der Waals surface area contributed by atoms with Gasteiger partial charge in [-0.2, -0.15) is 0 Å². The molecule has 0 spiro atoms. The number of ether oxygens (including phenoxy) is 1. The minimum atomic E-state index is -0.292. The highest BCUT2D eigenvalue weighted by molar-refractivity contribution is 7.17. The second kappa shape index (κ2) is 8.08. The van der Waals surface area contributed by atoms with Crippen molar-refractivity contribution in [2.24, 2.45) is 11.8 Å². The molecule has 2 aliphatic rings. The van der Waals surface area contributed by atoms with Gasteiger partial charge in [0.2, 0.25) is 5.91 Å².